The van der Waals surface area contributed by atoms with Crippen molar-refractivity contribution >= 4 is 51.1 Å². The molecule has 88 valence electrons. The zero-order valence-electron chi connectivity index (χ0n) is 8.80. The van der Waals surface area contributed by atoms with Crippen molar-refractivity contribution < 1.29 is 4.79 Å². The standard InChI is InChI=1S/C10H12I2N2O2/c1-2-3-13-9(15)6-14-4-7(11)10(16)8(12)5-14/h4-5H,2-3,6H2,1H3,(H,13,15). The molecule has 1 N–H and O–H groups in total. The Bertz CT molecular complexity index is 417. The second-order valence-corrected chi connectivity index (χ2v) is 5.63. The number of carbonyl (C=O) groups is 1. The van der Waals surface area contributed by atoms with Crippen LogP contribution in [0.4, 0.5) is 0 Å². The van der Waals surface area contributed by atoms with E-state index in [1.54, 1.807) is 17.0 Å². The number of nitrogens with one attached hydrogen (secondary N) is 1. The summed E-state index contributed by atoms with van der Waals surface area (Å²) in [5.41, 5.74) is 0.0198. The summed E-state index contributed by atoms with van der Waals surface area (Å²) in [6.07, 6.45) is 4.30. The summed E-state index contributed by atoms with van der Waals surface area (Å²) >= 11 is 3.96. The number of hydrogen-bond acceptors (Lipinski definition) is 2. The van der Waals surface area contributed by atoms with Crippen LogP contribution in [0.3, 0.4) is 0 Å². The molecule has 0 aliphatic carbocycles. The van der Waals surface area contributed by atoms with E-state index in [-0.39, 0.29) is 17.9 Å². The highest BCUT2D eigenvalue weighted by atomic mass is 127. The van der Waals surface area contributed by atoms with Gasteiger partial charge >= 0.3 is 0 Å². The molecular weight excluding hydrogens is 434 g/mol. The molecule has 0 fully saturated rings. The number of rotatable bonds is 4. The molecule has 0 saturated carbocycles. The van der Waals surface area contributed by atoms with E-state index < -0.39 is 0 Å². The summed E-state index contributed by atoms with van der Waals surface area (Å²) in [4.78, 5) is 22.9. The predicted molar refractivity (Wildman–Crippen MR) is 79.4 cm³/mol. The first-order chi connectivity index (χ1) is 7.54. The van der Waals surface area contributed by atoms with Gasteiger partial charge in [-0.3, -0.25) is 9.59 Å². The fraction of sp³-hybridized carbons (Fsp3) is 0.400. The molecule has 6 heteroatoms. The molecule has 0 spiro atoms. The van der Waals surface area contributed by atoms with Gasteiger partial charge in [0.15, 0.2) is 0 Å². The SMILES string of the molecule is CCCNC(=O)Cn1cc(I)c(=O)c(I)c1. The van der Waals surface area contributed by atoms with Crippen molar-refractivity contribution in [2.75, 3.05) is 6.54 Å². The van der Waals surface area contributed by atoms with Gasteiger partial charge in [0.1, 0.15) is 6.54 Å². The molecule has 1 rings (SSSR count). The summed E-state index contributed by atoms with van der Waals surface area (Å²) in [6.45, 7) is 2.95. The summed E-state index contributed by atoms with van der Waals surface area (Å²) in [5.74, 6) is -0.0305. The summed E-state index contributed by atoms with van der Waals surface area (Å²) < 4.78 is 3.00. The normalized spacial score (nSPS) is 10.2. The van der Waals surface area contributed by atoms with E-state index in [1.165, 1.54) is 0 Å². The lowest BCUT2D eigenvalue weighted by molar-refractivity contribution is -0.121. The highest BCUT2D eigenvalue weighted by Gasteiger charge is 2.05. The Kier molecular flexibility index (Phi) is 5.73. The molecular formula is C10H12I2N2O2. The number of pyridine rings is 1. The molecule has 1 heterocycles. The fourth-order valence-corrected chi connectivity index (χ4v) is 2.95. The second kappa shape index (κ2) is 6.58. The van der Waals surface area contributed by atoms with E-state index in [4.69, 9.17) is 0 Å². The fourth-order valence-electron chi connectivity index (χ4n) is 1.14. The van der Waals surface area contributed by atoms with Crippen molar-refractivity contribution in [3.8, 4) is 0 Å². The Morgan fingerprint density at radius 2 is 1.94 bits per heavy atom. The van der Waals surface area contributed by atoms with Crippen molar-refractivity contribution in [1.82, 2.24) is 9.88 Å². The Labute approximate surface area is 121 Å². The number of aromatic nitrogens is 1. The average Bonchev–Trinajstić information content (AvgIpc) is 2.23. The van der Waals surface area contributed by atoms with Crippen LogP contribution < -0.4 is 10.7 Å². The topological polar surface area (TPSA) is 51.1 Å². The van der Waals surface area contributed by atoms with Gasteiger partial charge in [0.05, 0.1) is 7.14 Å². The predicted octanol–water partition coefficient (Wildman–Crippen LogP) is 1.58. The number of halogens is 2. The largest absolute Gasteiger partial charge is 0.355 e. The molecule has 4 nitrogen and oxygen atoms in total. The molecule has 0 atom stereocenters. The van der Waals surface area contributed by atoms with Gasteiger partial charge in [-0.05, 0) is 51.6 Å². The first kappa shape index (κ1) is 13.9. The number of carbonyl (C=O) groups excluding carboxylic acids is 1. The van der Waals surface area contributed by atoms with Crippen LogP contribution in [0.15, 0.2) is 17.2 Å². The van der Waals surface area contributed by atoms with Gasteiger partial charge in [-0.25, -0.2) is 0 Å². The Morgan fingerprint density at radius 3 is 2.44 bits per heavy atom. The molecule has 0 aliphatic heterocycles. The zero-order valence-corrected chi connectivity index (χ0v) is 13.1. The Balaban J connectivity index is 2.75. The Hall–Kier alpha value is -0.120. The molecule has 1 aromatic heterocycles. The van der Waals surface area contributed by atoms with Gasteiger partial charge in [-0.1, -0.05) is 6.92 Å². The third kappa shape index (κ3) is 4.04. The van der Waals surface area contributed by atoms with E-state index in [0.717, 1.165) is 6.42 Å². The second-order valence-electron chi connectivity index (χ2n) is 3.31. The van der Waals surface area contributed by atoms with Gasteiger partial charge < -0.3 is 9.88 Å². The van der Waals surface area contributed by atoms with E-state index >= 15 is 0 Å². The van der Waals surface area contributed by atoms with Crippen LogP contribution in [0.25, 0.3) is 0 Å². The summed E-state index contributed by atoms with van der Waals surface area (Å²) in [6, 6.07) is 0. The monoisotopic (exact) mass is 446 g/mol. The first-order valence-corrected chi connectivity index (χ1v) is 7.02. The highest BCUT2D eigenvalue weighted by Crippen LogP contribution is 2.03. The minimum absolute atomic E-state index is 0.0198. The van der Waals surface area contributed by atoms with Gasteiger partial charge in [-0.15, -0.1) is 0 Å². The van der Waals surface area contributed by atoms with E-state index in [9.17, 15) is 9.59 Å². The van der Waals surface area contributed by atoms with Crippen LogP contribution in [-0.2, 0) is 11.3 Å². The average molecular weight is 446 g/mol. The first-order valence-electron chi connectivity index (χ1n) is 4.86. The Morgan fingerprint density at radius 1 is 1.38 bits per heavy atom. The van der Waals surface area contributed by atoms with Crippen LogP contribution in [0.1, 0.15) is 13.3 Å². The minimum Gasteiger partial charge on any atom is -0.355 e. The summed E-state index contributed by atoms with van der Waals surface area (Å²) in [5, 5.41) is 2.79. The van der Waals surface area contributed by atoms with E-state index in [2.05, 4.69) is 5.32 Å². The van der Waals surface area contributed by atoms with Crippen LogP contribution in [0.5, 0.6) is 0 Å². The van der Waals surface area contributed by atoms with E-state index in [1.807, 2.05) is 52.1 Å². The molecule has 1 amide bonds. The van der Waals surface area contributed by atoms with Gasteiger partial charge in [0.25, 0.3) is 0 Å². The maximum absolute atomic E-state index is 11.5. The van der Waals surface area contributed by atoms with Gasteiger partial charge in [-0.2, -0.15) is 0 Å². The number of nitrogens with zero attached hydrogens (tertiary/aromatic N) is 1. The van der Waals surface area contributed by atoms with Gasteiger partial charge in [0.2, 0.25) is 11.3 Å². The lowest BCUT2D eigenvalue weighted by atomic mass is 10.4. The van der Waals surface area contributed by atoms with Crippen LogP contribution in [0, 0.1) is 7.14 Å². The third-order valence-corrected chi connectivity index (χ3v) is 3.43. The van der Waals surface area contributed by atoms with Crippen molar-refractivity contribution in [1.29, 1.82) is 0 Å². The molecule has 0 aliphatic rings. The molecule has 0 saturated heterocycles. The quantitative estimate of drug-likeness (QED) is 0.715. The zero-order chi connectivity index (χ0) is 12.1. The smallest absolute Gasteiger partial charge is 0.239 e. The van der Waals surface area contributed by atoms with Crippen molar-refractivity contribution in [3.05, 3.63) is 29.8 Å². The van der Waals surface area contributed by atoms with Crippen molar-refractivity contribution in [2.45, 2.75) is 19.9 Å². The number of hydrogen-bond donors (Lipinski definition) is 1. The van der Waals surface area contributed by atoms with Crippen molar-refractivity contribution in [2.24, 2.45) is 0 Å². The molecule has 0 radical (unpaired) electrons. The maximum Gasteiger partial charge on any atom is 0.239 e. The summed E-state index contributed by atoms with van der Waals surface area (Å²) in [7, 11) is 0. The maximum atomic E-state index is 11.5. The number of amides is 1. The molecule has 0 bridgehead atoms. The molecule has 16 heavy (non-hydrogen) atoms. The van der Waals surface area contributed by atoms with Crippen molar-refractivity contribution in [3.63, 3.8) is 0 Å². The highest BCUT2D eigenvalue weighted by molar-refractivity contribution is 14.1. The van der Waals surface area contributed by atoms with Crippen LogP contribution in [0.2, 0.25) is 0 Å². The van der Waals surface area contributed by atoms with Crippen LogP contribution >= 0.6 is 45.2 Å². The van der Waals surface area contributed by atoms with Gasteiger partial charge in [0, 0.05) is 18.9 Å². The third-order valence-electron chi connectivity index (χ3n) is 1.89. The molecule has 0 aromatic carbocycles. The molecule has 0 unspecified atom stereocenters. The lowest BCUT2D eigenvalue weighted by Crippen LogP contribution is -2.29. The van der Waals surface area contributed by atoms with E-state index in [0.29, 0.717) is 13.7 Å². The minimum atomic E-state index is -0.0305. The lowest BCUT2D eigenvalue weighted by Gasteiger charge is -2.08. The molecule has 1 aromatic rings. The van der Waals surface area contributed by atoms with Crippen LogP contribution in [-0.4, -0.2) is 17.0 Å².